The molecule has 104 valence electrons. The van der Waals surface area contributed by atoms with Gasteiger partial charge >= 0.3 is 0 Å². The Hall–Kier alpha value is -1.60. The van der Waals surface area contributed by atoms with Crippen molar-refractivity contribution in [1.82, 2.24) is 0 Å². The highest BCUT2D eigenvalue weighted by Gasteiger charge is 2.23. The molecule has 0 bridgehead atoms. The Kier molecular flexibility index (Phi) is 3.39. The number of aliphatic hydroxyl groups excluding tert-OH is 1. The lowest BCUT2D eigenvalue weighted by Crippen LogP contribution is -2.22. The zero-order valence-corrected chi connectivity index (χ0v) is 12.4. The Morgan fingerprint density at radius 2 is 1.60 bits per heavy atom. The van der Waals surface area contributed by atoms with Gasteiger partial charge in [0.2, 0.25) is 0 Å². The SMILES string of the molecule is CC(C)C(O)C(C)c1ccc2c(c1)Cc1ccccc1-2. The van der Waals surface area contributed by atoms with E-state index in [1.807, 2.05) is 0 Å². The average Bonchev–Trinajstić information content (AvgIpc) is 2.83. The fourth-order valence-electron chi connectivity index (χ4n) is 3.22. The molecule has 0 aromatic heterocycles. The minimum atomic E-state index is -0.281. The minimum Gasteiger partial charge on any atom is -0.392 e. The maximum absolute atomic E-state index is 10.3. The second-order valence-corrected chi connectivity index (χ2v) is 6.27. The van der Waals surface area contributed by atoms with Crippen LogP contribution in [-0.4, -0.2) is 11.2 Å². The lowest BCUT2D eigenvalue weighted by Gasteiger charge is -2.23. The molecule has 1 nitrogen and oxygen atoms in total. The molecule has 0 saturated carbocycles. The van der Waals surface area contributed by atoms with E-state index in [1.54, 1.807) is 0 Å². The second-order valence-electron chi connectivity index (χ2n) is 6.27. The average molecular weight is 266 g/mol. The van der Waals surface area contributed by atoms with Crippen LogP contribution < -0.4 is 0 Å². The van der Waals surface area contributed by atoms with Crippen LogP contribution in [-0.2, 0) is 6.42 Å². The van der Waals surface area contributed by atoms with E-state index < -0.39 is 0 Å². The third-order valence-electron chi connectivity index (χ3n) is 4.54. The summed E-state index contributed by atoms with van der Waals surface area (Å²) in [6, 6.07) is 15.3. The van der Waals surface area contributed by atoms with E-state index in [0.717, 1.165) is 6.42 Å². The van der Waals surface area contributed by atoms with Gasteiger partial charge in [0.05, 0.1) is 6.10 Å². The first-order valence-corrected chi connectivity index (χ1v) is 7.47. The van der Waals surface area contributed by atoms with Crippen molar-refractivity contribution >= 4 is 0 Å². The van der Waals surface area contributed by atoms with Crippen molar-refractivity contribution in [2.24, 2.45) is 5.92 Å². The Morgan fingerprint density at radius 1 is 0.900 bits per heavy atom. The number of aliphatic hydroxyl groups is 1. The van der Waals surface area contributed by atoms with Crippen molar-refractivity contribution in [1.29, 1.82) is 0 Å². The lowest BCUT2D eigenvalue weighted by molar-refractivity contribution is 0.102. The molecule has 0 aliphatic heterocycles. The van der Waals surface area contributed by atoms with Gasteiger partial charge in [-0.3, -0.25) is 0 Å². The van der Waals surface area contributed by atoms with Crippen LogP contribution in [0.25, 0.3) is 11.1 Å². The molecule has 2 aromatic rings. The fourth-order valence-corrected chi connectivity index (χ4v) is 3.22. The predicted molar refractivity (Wildman–Crippen MR) is 83.9 cm³/mol. The number of benzene rings is 2. The van der Waals surface area contributed by atoms with Gasteiger partial charge in [-0.2, -0.15) is 0 Å². The molecule has 0 spiro atoms. The third-order valence-corrected chi connectivity index (χ3v) is 4.54. The molecule has 1 aliphatic carbocycles. The first-order chi connectivity index (χ1) is 9.58. The summed E-state index contributed by atoms with van der Waals surface area (Å²) >= 11 is 0. The molecule has 1 N–H and O–H groups in total. The van der Waals surface area contributed by atoms with Gasteiger partial charge < -0.3 is 5.11 Å². The van der Waals surface area contributed by atoms with Crippen LogP contribution in [0.4, 0.5) is 0 Å². The van der Waals surface area contributed by atoms with Crippen molar-refractivity contribution in [2.75, 3.05) is 0 Å². The largest absolute Gasteiger partial charge is 0.392 e. The van der Waals surface area contributed by atoms with Crippen LogP contribution in [0.5, 0.6) is 0 Å². The summed E-state index contributed by atoms with van der Waals surface area (Å²) in [6.45, 7) is 6.27. The van der Waals surface area contributed by atoms with Crippen LogP contribution in [0.1, 0.15) is 43.4 Å². The zero-order valence-electron chi connectivity index (χ0n) is 12.4. The molecule has 0 amide bonds. The van der Waals surface area contributed by atoms with Gasteiger partial charge in [0.25, 0.3) is 0 Å². The molecule has 1 heteroatoms. The summed E-state index contributed by atoms with van der Waals surface area (Å²) in [6.07, 6.45) is 0.737. The van der Waals surface area contributed by atoms with E-state index in [1.165, 1.54) is 27.8 Å². The number of hydrogen-bond acceptors (Lipinski definition) is 1. The Bertz CT molecular complexity index is 627. The number of fused-ring (bicyclic) bond motifs is 3. The highest BCUT2D eigenvalue weighted by Crippen LogP contribution is 2.38. The van der Waals surface area contributed by atoms with E-state index in [0.29, 0.717) is 0 Å². The fraction of sp³-hybridized carbons (Fsp3) is 0.368. The van der Waals surface area contributed by atoms with E-state index in [9.17, 15) is 5.11 Å². The van der Waals surface area contributed by atoms with Gasteiger partial charge in [0, 0.05) is 5.92 Å². The Balaban J connectivity index is 1.95. The van der Waals surface area contributed by atoms with Crippen molar-refractivity contribution < 1.29 is 5.11 Å². The normalized spacial score (nSPS) is 15.8. The molecule has 0 heterocycles. The summed E-state index contributed by atoms with van der Waals surface area (Å²) in [7, 11) is 0. The smallest absolute Gasteiger partial charge is 0.0628 e. The highest BCUT2D eigenvalue weighted by atomic mass is 16.3. The van der Waals surface area contributed by atoms with Crippen LogP contribution in [0.15, 0.2) is 42.5 Å². The molecule has 3 rings (SSSR count). The van der Waals surface area contributed by atoms with E-state index in [2.05, 4.69) is 63.2 Å². The molecule has 2 atom stereocenters. The van der Waals surface area contributed by atoms with Crippen LogP contribution in [0.3, 0.4) is 0 Å². The van der Waals surface area contributed by atoms with Crippen molar-refractivity contribution in [3.8, 4) is 11.1 Å². The molecule has 0 fully saturated rings. The van der Waals surface area contributed by atoms with Gasteiger partial charge in [-0.15, -0.1) is 0 Å². The molecule has 0 saturated heterocycles. The quantitative estimate of drug-likeness (QED) is 0.746. The van der Waals surface area contributed by atoms with Crippen LogP contribution in [0.2, 0.25) is 0 Å². The molecule has 2 aromatic carbocycles. The second kappa shape index (κ2) is 5.06. The predicted octanol–water partition coefficient (Wildman–Crippen LogP) is 4.38. The molecule has 20 heavy (non-hydrogen) atoms. The van der Waals surface area contributed by atoms with Crippen LogP contribution in [0, 0.1) is 5.92 Å². The minimum absolute atomic E-state index is 0.184. The third kappa shape index (κ3) is 2.16. The lowest BCUT2D eigenvalue weighted by atomic mass is 9.87. The highest BCUT2D eigenvalue weighted by molar-refractivity contribution is 5.77. The first-order valence-electron chi connectivity index (χ1n) is 7.47. The maximum Gasteiger partial charge on any atom is 0.0628 e. The van der Waals surface area contributed by atoms with E-state index >= 15 is 0 Å². The summed E-state index contributed by atoms with van der Waals surface area (Å²) in [5.41, 5.74) is 6.78. The van der Waals surface area contributed by atoms with Crippen molar-refractivity contribution in [2.45, 2.75) is 39.2 Å². The van der Waals surface area contributed by atoms with Gasteiger partial charge in [-0.1, -0.05) is 63.2 Å². The summed E-state index contributed by atoms with van der Waals surface area (Å²) in [5.74, 6) is 0.472. The zero-order chi connectivity index (χ0) is 14.3. The Morgan fingerprint density at radius 3 is 2.35 bits per heavy atom. The maximum atomic E-state index is 10.3. The summed E-state index contributed by atoms with van der Waals surface area (Å²) in [4.78, 5) is 0. The number of rotatable bonds is 3. The summed E-state index contributed by atoms with van der Waals surface area (Å²) < 4.78 is 0. The topological polar surface area (TPSA) is 20.2 Å². The molecular formula is C19H22O. The summed E-state index contributed by atoms with van der Waals surface area (Å²) in [5, 5.41) is 10.3. The molecular weight excluding hydrogens is 244 g/mol. The van der Waals surface area contributed by atoms with E-state index in [-0.39, 0.29) is 17.9 Å². The van der Waals surface area contributed by atoms with Gasteiger partial charge in [-0.05, 0) is 40.2 Å². The molecule has 2 unspecified atom stereocenters. The number of hydrogen-bond donors (Lipinski definition) is 1. The van der Waals surface area contributed by atoms with Gasteiger partial charge in [-0.25, -0.2) is 0 Å². The standard InChI is InChI=1S/C19H22O/c1-12(2)19(20)13(3)14-8-9-18-16(10-14)11-15-6-4-5-7-17(15)18/h4-10,12-13,19-20H,11H2,1-3H3. The monoisotopic (exact) mass is 266 g/mol. The van der Waals surface area contributed by atoms with Crippen molar-refractivity contribution in [3.63, 3.8) is 0 Å². The van der Waals surface area contributed by atoms with Crippen LogP contribution >= 0.6 is 0 Å². The molecule has 1 aliphatic rings. The van der Waals surface area contributed by atoms with E-state index in [4.69, 9.17) is 0 Å². The van der Waals surface area contributed by atoms with Gasteiger partial charge in [0.15, 0.2) is 0 Å². The Labute approximate surface area is 121 Å². The molecule has 0 radical (unpaired) electrons. The van der Waals surface area contributed by atoms with Crippen molar-refractivity contribution in [3.05, 3.63) is 59.2 Å². The first kappa shape index (κ1) is 13.4. The van der Waals surface area contributed by atoms with Gasteiger partial charge in [0.1, 0.15) is 0 Å².